The van der Waals surface area contributed by atoms with Gasteiger partial charge in [0.2, 0.25) is 0 Å². The summed E-state index contributed by atoms with van der Waals surface area (Å²) in [4.78, 5) is 4.57. The maximum absolute atomic E-state index is 9.12. The topological polar surface area (TPSA) is 36.1 Å². The Kier molecular flexibility index (Phi) is 4.93. The molecule has 0 aliphatic carbocycles. The predicted molar refractivity (Wildman–Crippen MR) is 73.0 cm³/mol. The SMILES string of the molecule is CCC(CCC(C#N)C(C)C)C1(C)C=CC=N1. The summed E-state index contributed by atoms with van der Waals surface area (Å²) < 4.78 is 0. The van der Waals surface area contributed by atoms with E-state index < -0.39 is 0 Å². The molecule has 1 heterocycles. The smallest absolute Gasteiger partial charge is 0.0791 e. The van der Waals surface area contributed by atoms with Crippen molar-refractivity contribution in [2.24, 2.45) is 22.7 Å². The largest absolute Gasteiger partial charge is 0.282 e. The first-order valence-electron chi connectivity index (χ1n) is 6.66. The van der Waals surface area contributed by atoms with E-state index in [4.69, 9.17) is 5.26 Å². The molecule has 0 saturated heterocycles. The molecule has 3 unspecified atom stereocenters. The molecular weight excluding hydrogens is 208 g/mol. The third-order valence-corrected chi connectivity index (χ3v) is 3.99. The molecule has 1 aliphatic heterocycles. The molecule has 2 heteroatoms. The third kappa shape index (κ3) is 3.43. The van der Waals surface area contributed by atoms with E-state index in [9.17, 15) is 0 Å². The van der Waals surface area contributed by atoms with Gasteiger partial charge in [0.15, 0.2) is 0 Å². The van der Waals surface area contributed by atoms with Crippen molar-refractivity contribution in [3.05, 3.63) is 12.2 Å². The van der Waals surface area contributed by atoms with Crippen LogP contribution in [0.3, 0.4) is 0 Å². The number of allylic oxidation sites excluding steroid dienone is 1. The molecule has 0 radical (unpaired) electrons. The number of nitriles is 1. The van der Waals surface area contributed by atoms with E-state index in [1.165, 1.54) is 0 Å². The van der Waals surface area contributed by atoms with Crippen LogP contribution < -0.4 is 0 Å². The van der Waals surface area contributed by atoms with Crippen LogP contribution in [0.15, 0.2) is 17.1 Å². The van der Waals surface area contributed by atoms with Crippen molar-refractivity contribution in [2.75, 3.05) is 0 Å². The van der Waals surface area contributed by atoms with Crippen LogP contribution in [0.25, 0.3) is 0 Å². The second-order valence-electron chi connectivity index (χ2n) is 5.53. The van der Waals surface area contributed by atoms with Gasteiger partial charge in [-0.05, 0) is 37.7 Å². The van der Waals surface area contributed by atoms with Crippen LogP contribution in [-0.4, -0.2) is 11.8 Å². The average molecular weight is 232 g/mol. The number of aliphatic imine (C=N–C) groups is 1. The van der Waals surface area contributed by atoms with E-state index in [1.807, 2.05) is 12.3 Å². The van der Waals surface area contributed by atoms with Gasteiger partial charge in [-0.1, -0.05) is 33.3 Å². The van der Waals surface area contributed by atoms with E-state index in [0.29, 0.717) is 11.8 Å². The van der Waals surface area contributed by atoms with Gasteiger partial charge in [-0.25, -0.2) is 0 Å². The van der Waals surface area contributed by atoms with Crippen molar-refractivity contribution >= 4 is 6.21 Å². The molecule has 0 saturated carbocycles. The quantitative estimate of drug-likeness (QED) is 0.682. The van der Waals surface area contributed by atoms with Crippen LogP contribution in [0.2, 0.25) is 0 Å². The van der Waals surface area contributed by atoms with Crippen LogP contribution in [0.5, 0.6) is 0 Å². The standard InChI is InChI=1S/C15H24N2/c1-5-14(15(4)9-6-10-17-15)8-7-13(11-16)12(2)3/h6,9-10,12-14H,5,7-8H2,1-4H3. The highest BCUT2D eigenvalue weighted by Crippen LogP contribution is 2.34. The molecule has 94 valence electrons. The lowest BCUT2D eigenvalue weighted by atomic mass is 9.79. The molecule has 0 aromatic rings. The van der Waals surface area contributed by atoms with Gasteiger partial charge in [-0.15, -0.1) is 0 Å². The Labute approximate surface area is 105 Å². The Morgan fingerprint density at radius 2 is 2.06 bits per heavy atom. The fourth-order valence-corrected chi connectivity index (χ4v) is 2.56. The number of rotatable bonds is 6. The Bertz CT molecular complexity index is 321. The Morgan fingerprint density at radius 1 is 1.35 bits per heavy atom. The fraction of sp³-hybridized carbons (Fsp3) is 0.733. The van der Waals surface area contributed by atoms with Gasteiger partial charge in [0.25, 0.3) is 0 Å². The maximum atomic E-state index is 9.12. The van der Waals surface area contributed by atoms with E-state index in [2.05, 4.69) is 44.8 Å². The molecule has 0 aromatic heterocycles. The van der Waals surface area contributed by atoms with Crippen molar-refractivity contribution in [2.45, 2.75) is 52.5 Å². The third-order valence-electron chi connectivity index (χ3n) is 3.99. The van der Waals surface area contributed by atoms with Gasteiger partial charge in [0.05, 0.1) is 11.6 Å². The van der Waals surface area contributed by atoms with Crippen LogP contribution in [-0.2, 0) is 0 Å². The van der Waals surface area contributed by atoms with Gasteiger partial charge in [-0.2, -0.15) is 5.26 Å². The van der Waals surface area contributed by atoms with Crippen LogP contribution in [0.1, 0.15) is 47.0 Å². The molecule has 0 spiro atoms. The molecule has 0 amide bonds. The molecule has 0 fully saturated rings. The molecule has 3 atom stereocenters. The minimum absolute atomic E-state index is 0.0360. The Morgan fingerprint density at radius 3 is 2.47 bits per heavy atom. The molecule has 2 nitrogen and oxygen atoms in total. The van der Waals surface area contributed by atoms with Gasteiger partial charge >= 0.3 is 0 Å². The summed E-state index contributed by atoms with van der Waals surface area (Å²) in [6.45, 7) is 8.67. The monoisotopic (exact) mass is 232 g/mol. The first kappa shape index (κ1) is 14.0. The van der Waals surface area contributed by atoms with Crippen LogP contribution in [0, 0.1) is 29.1 Å². The maximum Gasteiger partial charge on any atom is 0.0791 e. The second-order valence-corrected chi connectivity index (χ2v) is 5.53. The van der Waals surface area contributed by atoms with Crippen molar-refractivity contribution in [1.82, 2.24) is 0 Å². The van der Waals surface area contributed by atoms with E-state index in [1.54, 1.807) is 0 Å². The molecule has 1 aliphatic rings. The normalized spacial score (nSPS) is 26.1. The van der Waals surface area contributed by atoms with Gasteiger partial charge in [0.1, 0.15) is 0 Å². The summed E-state index contributed by atoms with van der Waals surface area (Å²) in [5.74, 6) is 1.18. The van der Waals surface area contributed by atoms with Gasteiger partial charge in [-0.3, -0.25) is 4.99 Å². The summed E-state index contributed by atoms with van der Waals surface area (Å²) in [5.41, 5.74) is -0.0360. The highest BCUT2D eigenvalue weighted by Gasteiger charge is 2.31. The molecule has 0 bridgehead atoms. The number of hydrogen-bond donors (Lipinski definition) is 0. The first-order chi connectivity index (χ1) is 8.03. The summed E-state index contributed by atoms with van der Waals surface area (Å²) in [5, 5.41) is 9.12. The minimum atomic E-state index is -0.0360. The zero-order valence-corrected chi connectivity index (χ0v) is 11.5. The summed E-state index contributed by atoms with van der Waals surface area (Å²) in [6.07, 6.45) is 9.32. The Balaban J connectivity index is 2.57. The molecule has 1 rings (SSSR count). The molecular formula is C15H24N2. The summed E-state index contributed by atoms with van der Waals surface area (Å²) in [7, 11) is 0. The van der Waals surface area contributed by atoms with Crippen molar-refractivity contribution in [1.29, 1.82) is 5.26 Å². The lowest BCUT2D eigenvalue weighted by Crippen LogP contribution is -2.29. The molecule has 0 aromatic carbocycles. The van der Waals surface area contributed by atoms with Crippen molar-refractivity contribution in [3.63, 3.8) is 0 Å². The zero-order valence-electron chi connectivity index (χ0n) is 11.5. The van der Waals surface area contributed by atoms with Crippen LogP contribution in [0.4, 0.5) is 0 Å². The Hall–Kier alpha value is -1.10. The van der Waals surface area contributed by atoms with E-state index in [0.717, 1.165) is 19.3 Å². The number of nitrogens with zero attached hydrogens (tertiary/aromatic N) is 2. The molecule has 0 N–H and O–H groups in total. The van der Waals surface area contributed by atoms with Gasteiger partial charge < -0.3 is 0 Å². The van der Waals surface area contributed by atoms with E-state index >= 15 is 0 Å². The summed E-state index contributed by atoms with van der Waals surface area (Å²) in [6, 6.07) is 2.43. The lowest BCUT2D eigenvalue weighted by Gasteiger charge is -2.30. The fourth-order valence-electron chi connectivity index (χ4n) is 2.56. The van der Waals surface area contributed by atoms with E-state index in [-0.39, 0.29) is 11.5 Å². The predicted octanol–water partition coefficient (Wildman–Crippen LogP) is 3.99. The van der Waals surface area contributed by atoms with Crippen molar-refractivity contribution in [3.8, 4) is 6.07 Å². The summed E-state index contributed by atoms with van der Waals surface area (Å²) >= 11 is 0. The minimum Gasteiger partial charge on any atom is -0.282 e. The second kappa shape index (κ2) is 6.00. The highest BCUT2D eigenvalue weighted by molar-refractivity contribution is 5.75. The zero-order chi connectivity index (χ0) is 12.9. The first-order valence-corrected chi connectivity index (χ1v) is 6.66. The average Bonchev–Trinajstić information content (AvgIpc) is 2.72. The van der Waals surface area contributed by atoms with Gasteiger partial charge in [0, 0.05) is 12.1 Å². The molecule has 17 heavy (non-hydrogen) atoms. The number of hydrogen-bond acceptors (Lipinski definition) is 2. The van der Waals surface area contributed by atoms with Crippen LogP contribution >= 0.6 is 0 Å². The lowest BCUT2D eigenvalue weighted by molar-refractivity contribution is 0.296. The highest BCUT2D eigenvalue weighted by atomic mass is 14.9. The van der Waals surface area contributed by atoms with Crippen molar-refractivity contribution < 1.29 is 0 Å².